The monoisotopic (exact) mass is 209 g/mol. The van der Waals surface area contributed by atoms with Crippen molar-refractivity contribution >= 4 is 5.97 Å². The number of pyridine rings is 1. The average Bonchev–Trinajstić information content (AvgIpc) is 2.16. The molecule has 0 saturated carbocycles. The van der Waals surface area contributed by atoms with Crippen molar-refractivity contribution in [3.05, 3.63) is 23.4 Å². The van der Waals surface area contributed by atoms with Gasteiger partial charge in [0.2, 0.25) is 5.88 Å². The van der Waals surface area contributed by atoms with Crippen LogP contribution in [0.3, 0.4) is 0 Å². The number of methoxy groups -OCH3 is 1. The Labute approximate surface area is 88.9 Å². The summed E-state index contributed by atoms with van der Waals surface area (Å²) >= 11 is 0. The molecular formula is C11H15NO3. The summed E-state index contributed by atoms with van der Waals surface area (Å²) in [5, 5.41) is 9.09. The quantitative estimate of drug-likeness (QED) is 0.824. The highest BCUT2D eigenvalue weighted by Gasteiger charge is 2.30. The topological polar surface area (TPSA) is 59.4 Å². The SMILES string of the molecule is COc1cc(C(C)(C)C(=O)O)cc(C)n1. The molecule has 1 N–H and O–H groups in total. The van der Waals surface area contributed by atoms with E-state index >= 15 is 0 Å². The van der Waals surface area contributed by atoms with E-state index in [2.05, 4.69) is 4.98 Å². The largest absolute Gasteiger partial charge is 0.481 e. The Morgan fingerprint density at radius 1 is 1.47 bits per heavy atom. The fourth-order valence-electron chi connectivity index (χ4n) is 1.23. The Morgan fingerprint density at radius 2 is 2.07 bits per heavy atom. The molecule has 0 radical (unpaired) electrons. The molecule has 0 aromatic carbocycles. The Hall–Kier alpha value is -1.58. The lowest BCUT2D eigenvalue weighted by atomic mass is 9.85. The van der Waals surface area contributed by atoms with Crippen molar-refractivity contribution in [2.45, 2.75) is 26.2 Å². The van der Waals surface area contributed by atoms with E-state index in [1.54, 1.807) is 26.0 Å². The van der Waals surface area contributed by atoms with Crippen LogP contribution >= 0.6 is 0 Å². The van der Waals surface area contributed by atoms with E-state index in [0.717, 1.165) is 5.69 Å². The molecule has 1 rings (SSSR count). The highest BCUT2D eigenvalue weighted by molar-refractivity contribution is 5.80. The first-order valence-corrected chi connectivity index (χ1v) is 4.64. The van der Waals surface area contributed by atoms with E-state index in [0.29, 0.717) is 11.4 Å². The molecule has 0 spiro atoms. The number of rotatable bonds is 3. The fraction of sp³-hybridized carbons (Fsp3) is 0.455. The zero-order valence-electron chi connectivity index (χ0n) is 9.37. The van der Waals surface area contributed by atoms with Crippen LogP contribution in [-0.2, 0) is 10.2 Å². The van der Waals surface area contributed by atoms with Gasteiger partial charge in [-0.25, -0.2) is 4.98 Å². The van der Waals surface area contributed by atoms with E-state index < -0.39 is 11.4 Å². The van der Waals surface area contributed by atoms with Gasteiger partial charge in [0.1, 0.15) is 0 Å². The summed E-state index contributed by atoms with van der Waals surface area (Å²) in [6.07, 6.45) is 0. The molecule has 1 aromatic rings. The van der Waals surface area contributed by atoms with Crippen LogP contribution in [-0.4, -0.2) is 23.2 Å². The predicted molar refractivity (Wildman–Crippen MR) is 56.2 cm³/mol. The van der Waals surface area contributed by atoms with Gasteiger partial charge in [0, 0.05) is 11.8 Å². The number of aryl methyl sites for hydroxylation is 1. The van der Waals surface area contributed by atoms with Gasteiger partial charge in [-0.2, -0.15) is 0 Å². The van der Waals surface area contributed by atoms with E-state index in [1.807, 2.05) is 6.92 Å². The van der Waals surface area contributed by atoms with Gasteiger partial charge in [0.15, 0.2) is 0 Å². The third-order valence-corrected chi connectivity index (χ3v) is 2.40. The minimum absolute atomic E-state index is 0.444. The van der Waals surface area contributed by atoms with Gasteiger partial charge in [0.05, 0.1) is 12.5 Å². The summed E-state index contributed by atoms with van der Waals surface area (Å²) in [7, 11) is 1.51. The smallest absolute Gasteiger partial charge is 0.313 e. The number of carboxylic acids is 1. The number of hydrogen-bond donors (Lipinski definition) is 1. The van der Waals surface area contributed by atoms with Crippen molar-refractivity contribution in [2.75, 3.05) is 7.11 Å². The normalized spacial score (nSPS) is 11.2. The molecule has 4 nitrogen and oxygen atoms in total. The van der Waals surface area contributed by atoms with Crippen LogP contribution in [0.4, 0.5) is 0 Å². The van der Waals surface area contributed by atoms with Gasteiger partial charge in [-0.05, 0) is 32.4 Å². The molecule has 0 atom stereocenters. The number of aromatic nitrogens is 1. The molecule has 0 aliphatic heterocycles. The summed E-state index contributed by atoms with van der Waals surface area (Å²) in [5.74, 6) is -0.422. The number of hydrogen-bond acceptors (Lipinski definition) is 3. The molecule has 1 heterocycles. The molecule has 0 bridgehead atoms. The van der Waals surface area contributed by atoms with Crippen LogP contribution in [0.15, 0.2) is 12.1 Å². The van der Waals surface area contributed by atoms with E-state index in [-0.39, 0.29) is 0 Å². The third kappa shape index (κ3) is 2.26. The van der Waals surface area contributed by atoms with Crippen molar-refractivity contribution < 1.29 is 14.6 Å². The first kappa shape index (κ1) is 11.5. The molecule has 0 aliphatic carbocycles. The maximum Gasteiger partial charge on any atom is 0.313 e. The second-order valence-corrected chi connectivity index (χ2v) is 3.97. The van der Waals surface area contributed by atoms with Crippen molar-refractivity contribution in [3.63, 3.8) is 0 Å². The van der Waals surface area contributed by atoms with Crippen LogP contribution < -0.4 is 4.74 Å². The molecular weight excluding hydrogens is 194 g/mol. The summed E-state index contributed by atoms with van der Waals surface area (Å²) in [4.78, 5) is 15.2. The fourth-order valence-corrected chi connectivity index (χ4v) is 1.23. The van der Waals surface area contributed by atoms with Crippen LogP contribution in [0.1, 0.15) is 25.1 Å². The lowest BCUT2D eigenvalue weighted by molar-refractivity contribution is -0.142. The number of ether oxygens (including phenoxy) is 1. The Kier molecular flexibility index (Phi) is 2.98. The highest BCUT2D eigenvalue weighted by Crippen LogP contribution is 2.26. The first-order chi connectivity index (χ1) is 6.87. The molecule has 0 fully saturated rings. The predicted octanol–water partition coefficient (Wildman–Crippen LogP) is 1.76. The minimum Gasteiger partial charge on any atom is -0.481 e. The third-order valence-electron chi connectivity index (χ3n) is 2.40. The summed E-state index contributed by atoms with van der Waals surface area (Å²) in [5.41, 5.74) is 0.513. The van der Waals surface area contributed by atoms with E-state index in [1.165, 1.54) is 7.11 Å². The molecule has 82 valence electrons. The molecule has 15 heavy (non-hydrogen) atoms. The first-order valence-electron chi connectivity index (χ1n) is 4.64. The molecule has 0 unspecified atom stereocenters. The second-order valence-electron chi connectivity index (χ2n) is 3.97. The van der Waals surface area contributed by atoms with Gasteiger partial charge < -0.3 is 9.84 Å². The van der Waals surface area contributed by atoms with Crippen molar-refractivity contribution in [1.82, 2.24) is 4.98 Å². The summed E-state index contributed by atoms with van der Waals surface area (Å²) in [6, 6.07) is 3.41. The number of aliphatic carboxylic acids is 1. The van der Waals surface area contributed by atoms with Gasteiger partial charge in [-0.15, -0.1) is 0 Å². The standard InChI is InChI=1S/C11H15NO3/c1-7-5-8(6-9(12-7)15-4)11(2,3)10(13)14/h5-6H,1-4H3,(H,13,14). The summed E-state index contributed by atoms with van der Waals surface area (Å²) in [6.45, 7) is 5.12. The zero-order valence-corrected chi connectivity index (χ0v) is 9.37. The van der Waals surface area contributed by atoms with Gasteiger partial charge in [-0.1, -0.05) is 0 Å². The zero-order chi connectivity index (χ0) is 11.6. The van der Waals surface area contributed by atoms with Gasteiger partial charge in [-0.3, -0.25) is 4.79 Å². The van der Waals surface area contributed by atoms with Crippen LogP contribution in [0.2, 0.25) is 0 Å². The average molecular weight is 209 g/mol. The minimum atomic E-state index is -0.930. The van der Waals surface area contributed by atoms with Crippen LogP contribution in [0, 0.1) is 6.92 Å². The van der Waals surface area contributed by atoms with Crippen LogP contribution in [0.25, 0.3) is 0 Å². The van der Waals surface area contributed by atoms with E-state index in [9.17, 15) is 4.79 Å². The number of carbonyl (C=O) groups is 1. The van der Waals surface area contributed by atoms with Crippen molar-refractivity contribution in [2.24, 2.45) is 0 Å². The van der Waals surface area contributed by atoms with Crippen molar-refractivity contribution in [3.8, 4) is 5.88 Å². The van der Waals surface area contributed by atoms with Gasteiger partial charge in [0.25, 0.3) is 0 Å². The molecule has 0 aliphatic rings. The van der Waals surface area contributed by atoms with Crippen LogP contribution in [0.5, 0.6) is 5.88 Å². The highest BCUT2D eigenvalue weighted by atomic mass is 16.5. The number of nitrogens with zero attached hydrogens (tertiary/aromatic N) is 1. The summed E-state index contributed by atoms with van der Waals surface area (Å²) < 4.78 is 5.01. The second kappa shape index (κ2) is 3.88. The molecule has 4 heteroatoms. The maximum atomic E-state index is 11.1. The van der Waals surface area contributed by atoms with Crippen molar-refractivity contribution in [1.29, 1.82) is 0 Å². The van der Waals surface area contributed by atoms with Gasteiger partial charge >= 0.3 is 5.97 Å². The Morgan fingerprint density at radius 3 is 2.53 bits per heavy atom. The number of carboxylic acid groups (broad SMARTS) is 1. The molecule has 1 aromatic heterocycles. The lowest BCUT2D eigenvalue weighted by Crippen LogP contribution is -2.28. The lowest BCUT2D eigenvalue weighted by Gasteiger charge is -2.20. The maximum absolute atomic E-state index is 11.1. The molecule has 0 amide bonds. The van der Waals surface area contributed by atoms with E-state index in [4.69, 9.17) is 9.84 Å². The Balaban J connectivity index is 3.25. The molecule has 0 saturated heterocycles. The Bertz CT molecular complexity index is 385.